The second-order valence-corrected chi connectivity index (χ2v) is 6.29. The lowest BCUT2D eigenvalue weighted by molar-refractivity contribution is 0.243. The molecule has 1 saturated carbocycles. The maximum absolute atomic E-state index is 4.43. The first-order chi connectivity index (χ1) is 10.9. The zero-order chi connectivity index (χ0) is 14.8. The Morgan fingerprint density at radius 2 is 2.05 bits per heavy atom. The van der Waals surface area contributed by atoms with Crippen LogP contribution in [-0.2, 0) is 19.5 Å². The second-order valence-electron chi connectivity index (χ2n) is 6.29. The fourth-order valence-electron chi connectivity index (χ4n) is 3.16. The molecule has 2 aromatic rings. The van der Waals surface area contributed by atoms with E-state index in [0.717, 1.165) is 25.4 Å². The highest BCUT2D eigenvalue weighted by Gasteiger charge is 2.27. The van der Waals surface area contributed by atoms with E-state index in [-0.39, 0.29) is 0 Å². The van der Waals surface area contributed by atoms with E-state index < -0.39 is 0 Å². The van der Waals surface area contributed by atoms with Crippen molar-refractivity contribution in [2.75, 3.05) is 18.4 Å². The number of aromatic nitrogens is 3. The normalized spacial score (nSPS) is 18.0. The summed E-state index contributed by atoms with van der Waals surface area (Å²) in [6, 6.07) is 1.82. The van der Waals surface area contributed by atoms with Crippen LogP contribution < -0.4 is 5.32 Å². The van der Waals surface area contributed by atoms with Gasteiger partial charge in [0.2, 0.25) is 5.95 Å². The van der Waals surface area contributed by atoms with E-state index in [9.17, 15) is 0 Å². The van der Waals surface area contributed by atoms with Crippen LogP contribution in [-0.4, -0.2) is 32.9 Å². The number of nitrogens with one attached hydrogen (secondary N) is 1. The van der Waals surface area contributed by atoms with Crippen molar-refractivity contribution in [1.82, 2.24) is 19.9 Å². The Bertz CT molecular complexity index is 639. The summed E-state index contributed by atoms with van der Waals surface area (Å²) in [6.07, 6.45) is 11.5. The Hall–Kier alpha value is -2.01. The molecule has 114 valence electrons. The first-order valence-electron chi connectivity index (χ1n) is 8.06. The number of fused-ring (bicyclic) bond motifs is 1. The topological polar surface area (TPSA) is 53.9 Å². The largest absolute Gasteiger partial charge is 0.350 e. The minimum absolute atomic E-state index is 0.672. The number of hydrogen-bond acceptors (Lipinski definition) is 5. The molecule has 0 spiro atoms. The number of anilines is 1. The van der Waals surface area contributed by atoms with Crippen molar-refractivity contribution >= 4 is 5.95 Å². The van der Waals surface area contributed by atoms with Gasteiger partial charge in [-0.05, 0) is 47.9 Å². The smallest absolute Gasteiger partial charge is 0.222 e. The zero-order valence-electron chi connectivity index (χ0n) is 12.7. The summed E-state index contributed by atoms with van der Waals surface area (Å²) >= 11 is 0. The summed E-state index contributed by atoms with van der Waals surface area (Å²) in [7, 11) is 0. The summed E-state index contributed by atoms with van der Waals surface area (Å²) in [5.74, 6) is 1.63. The third kappa shape index (κ3) is 3.09. The minimum atomic E-state index is 0.672. The number of rotatable bonds is 5. The second kappa shape index (κ2) is 6.01. The van der Waals surface area contributed by atoms with Gasteiger partial charge >= 0.3 is 0 Å². The van der Waals surface area contributed by atoms with Crippen molar-refractivity contribution in [2.24, 2.45) is 5.92 Å². The van der Waals surface area contributed by atoms with Crippen molar-refractivity contribution in [3.05, 3.63) is 47.5 Å². The molecule has 5 nitrogen and oxygen atoms in total. The first kappa shape index (κ1) is 13.6. The standard InChI is InChI=1S/C17H21N5/c1-5-19-17(20-6-1)21-10-14-8-18-9-15-12-22(7-4-16(14)15)11-13-2-3-13/h1,5-6,8-9,13H,2-4,7,10-12H2,(H,19,20,21). The molecule has 4 rings (SSSR count). The van der Waals surface area contributed by atoms with Gasteiger partial charge < -0.3 is 5.32 Å². The van der Waals surface area contributed by atoms with Crippen molar-refractivity contribution in [2.45, 2.75) is 32.4 Å². The summed E-state index contributed by atoms with van der Waals surface area (Å²) in [4.78, 5) is 15.4. The zero-order valence-corrected chi connectivity index (χ0v) is 12.7. The predicted octanol–water partition coefficient (Wildman–Crippen LogP) is 2.25. The van der Waals surface area contributed by atoms with Crippen LogP contribution in [0, 0.1) is 5.92 Å². The molecular formula is C17H21N5. The lowest BCUT2D eigenvalue weighted by atomic mass is 9.97. The van der Waals surface area contributed by atoms with E-state index in [1.54, 1.807) is 12.4 Å². The van der Waals surface area contributed by atoms with E-state index >= 15 is 0 Å². The van der Waals surface area contributed by atoms with Gasteiger partial charge in [0.1, 0.15) is 0 Å². The number of nitrogens with zero attached hydrogens (tertiary/aromatic N) is 4. The number of hydrogen-bond donors (Lipinski definition) is 1. The van der Waals surface area contributed by atoms with Crippen LogP contribution in [0.1, 0.15) is 29.5 Å². The maximum atomic E-state index is 4.43. The van der Waals surface area contributed by atoms with Gasteiger partial charge in [0.25, 0.3) is 0 Å². The highest BCUT2D eigenvalue weighted by molar-refractivity contribution is 5.36. The molecule has 0 unspecified atom stereocenters. The SMILES string of the molecule is c1cnc(NCc2cncc3c2CCN(CC2CC2)C3)nc1. The Kier molecular flexibility index (Phi) is 3.72. The quantitative estimate of drug-likeness (QED) is 0.917. The van der Waals surface area contributed by atoms with Gasteiger partial charge in [-0.25, -0.2) is 9.97 Å². The Labute approximate surface area is 130 Å². The fraction of sp³-hybridized carbons (Fsp3) is 0.471. The highest BCUT2D eigenvalue weighted by atomic mass is 15.1. The summed E-state index contributed by atoms with van der Waals surface area (Å²) in [5, 5.41) is 3.29. The third-order valence-corrected chi connectivity index (χ3v) is 4.52. The van der Waals surface area contributed by atoms with Gasteiger partial charge in [-0.2, -0.15) is 0 Å². The molecule has 0 atom stereocenters. The summed E-state index contributed by atoms with van der Waals surface area (Å²) in [5.41, 5.74) is 4.13. The molecule has 2 aliphatic rings. The molecular weight excluding hydrogens is 274 g/mol. The monoisotopic (exact) mass is 295 g/mol. The third-order valence-electron chi connectivity index (χ3n) is 4.52. The minimum Gasteiger partial charge on any atom is -0.350 e. The van der Waals surface area contributed by atoms with Crippen LogP contribution in [0.2, 0.25) is 0 Å². The summed E-state index contributed by atoms with van der Waals surface area (Å²) in [6.45, 7) is 4.22. The maximum Gasteiger partial charge on any atom is 0.222 e. The average molecular weight is 295 g/mol. The van der Waals surface area contributed by atoms with Crippen LogP contribution in [0.4, 0.5) is 5.95 Å². The van der Waals surface area contributed by atoms with Crippen LogP contribution in [0.15, 0.2) is 30.9 Å². The fourth-order valence-corrected chi connectivity index (χ4v) is 3.16. The molecule has 1 aliphatic carbocycles. The molecule has 0 saturated heterocycles. The first-order valence-corrected chi connectivity index (χ1v) is 8.06. The van der Waals surface area contributed by atoms with Crippen molar-refractivity contribution in [3.63, 3.8) is 0 Å². The van der Waals surface area contributed by atoms with E-state index in [2.05, 4.69) is 25.2 Å². The number of pyridine rings is 1. The molecule has 22 heavy (non-hydrogen) atoms. The van der Waals surface area contributed by atoms with Gasteiger partial charge in [0.05, 0.1) is 0 Å². The Morgan fingerprint density at radius 1 is 1.18 bits per heavy atom. The molecule has 0 aromatic carbocycles. The molecule has 2 aromatic heterocycles. The van der Waals surface area contributed by atoms with Gasteiger partial charge in [0, 0.05) is 51.0 Å². The molecule has 5 heteroatoms. The lowest BCUT2D eigenvalue weighted by Gasteiger charge is -2.29. The van der Waals surface area contributed by atoms with Gasteiger partial charge in [-0.3, -0.25) is 9.88 Å². The molecule has 1 N–H and O–H groups in total. The molecule has 1 fully saturated rings. The van der Waals surface area contributed by atoms with Crippen LogP contribution >= 0.6 is 0 Å². The Balaban J connectivity index is 1.45. The van der Waals surface area contributed by atoms with Gasteiger partial charge in [0.15, 0.2) is 0 Å². The van der Waals surface area contributed by atoms with Gasteiger partial charge in [-0.15, -0.1) is 0 Å². The molecule has 0 radical (unpaired) electrons. The molecule has 1 aliphatic heterocycles. The lowest BCUT2D eigenvalue weighted by Crippen LogP contribution is -2.33. The molecule has 0 amide bonds. The van der Waals surface area contributed by atoms with Crippen molar-refractivity contribution < 1.29 is 0 Å². The molecule has 0 bridgehead atoms. The van der Waals surface area contributed by atoms with Gasteiger partial charge in [-0.1, -0.05) is 0 Å². The van der Waals surface area contributed by atoms with E-state index in [1.165, 1.54) is 42.6 Å². The van der Waals surface area contributed by atoms with Crippen molar-refractivity contribution in [3.8, 4) is 0 Å². The average Bonchev–Trinajstić information content (AvgIpc) is 3.37. The van der Waals surface area contributed by atoms with Crippen LogP contribution in [0.3, 0.4) is 0 Å². The predicted molar refractivity (Wildman–Crippen MR) is 85.3 cm³/mol. The van der Waals surface area contributed by atoms with E-state index in [4.69, 9.17) is 0 Å². The van der Waals surface area contributed by atoms with Crippen LogP contribution in [0.25, 0.3) is 0 Å². The van der Waals surface area contributed by atoms with Crippen molar-refractivity contribution in [1.29, 1.82) is 0 Å². The van der Waals surface area contributed by atoms with E-state index in [0.29, 0.717) is 5.95 Å². The Morgan fingerprint density at radius 3 is 2.86 bits per heavy atom. The summed E-state index contributed by atoms with van der Waals surface area (Å²) < 4.78 is 0. The van der Waals surface area contributed by atoms with Crippen LogP contribution in [0.5, 0.6) is 0 Å². The highest BCUT2D eigenvalue weighted by Crippen LogP contribution is 2.31. The molecule has 3 heterocycles. The van der Waals surface area contributed by atoms with E-state index in [1.807, 2.05) is 18.5 Å².